The van der Waals surface area contributed by atoms with Crippen molar-refractivity contribution < 1.29 is 0 Å². The standard InChI is InChI=1S/C14H16ClN3S/c1-2-17-14(13-9-16-7-8-18-13)10-19-12-5-3-11(15)4-6-12/h3-9,14,17H,2,10H2,1H3. The van der Waals surface area contributed by atoms with Crippen LogP contribution in [0.3, 0.4) is 0 Å². The van der Waals surface area contributed by atoms with Crippen LogP contribution >= 0.6 is 23.4 Å². The zero-order valence-electron chi connectivity index (χ0n) is 10.7. The monoisotopic (exact) mass is 293 g/mol. The zero-order chi connectivity index (χ0) is 13.5. The van der Waals surface area contributed by atoms with Gasteiger partial charge in [0.1, 0.15) is 0 Å². The highest BCUT2D eigenvalue weighted by molar-refractivity contribution is 7.99. The van der Waals surface area contributed by atoms with Crippen LogP contribution in [0.1, 0.15) is 18.7 Å². The predicted octanol–water partition coefficient (Wildman–Crippen LogP) is 3.57. The number of benzene rings is 1. The molecule has 2 aromatic rings. The summed E-state index contributed by atoms with van der Waals surface area (Å²) in [5.74, 6) is 0.911. The summed E-state index contributed by atoms with van der Waals surface area (Å²) >= 11 is 7.66. The highest BCUT2D eigenvalue weighted by Crippen LogP contribution is 2.24. The van der Waals surface area contributed by atoms with Crippen LogP contribution < -0.4 is 5.32 Å². The van der Waals surface area contributed by atoms with Crippen molar-refractivity contribution in [2.24, 2.45) is 0 Å². The molecule has 0 aliphatic heterocycles. The molecule has 0 aliphatic rings. The average molecular weight is 294 g/mol. The smallest absolute Gasteiger partial charge is 0.0764 e. The number of nitrogens with zero attached hydrogens (tertiary/aromatic N) is 2. The number of aromatic nitrogens is 2. The lowest BCUT2D eigenvalue weighted by atomic mass is 10.2. The number of hydrogen-bond donors (Lipinski definition) is 1. The maximum absolute atomic E-state index is 5.88. The summed E-state index contributed by atoms with van der Waals surface area (Å²) in [6.07, 6.45) is 5.24. The molecule has 1 aromatic heterocycles. The second-order valence-electron chi connectivity index (χ2n) is 4.01. The van der Waals surface area contributed by atoms with Gasteiger partial charge in [0.2, 0.25) is 0 Å². The molecular formula is C14H16ClN3S. The normalized spacial score (nSPS) is 12.3. The van der Waals surface area contributed by atoms with Crippen molar-refractivity contribution in [3.63, 3.8) is 0 Å². The summed E-state index contributed by atoms with van der Waals surface area (Å²) < 4.78 is 0. The van der Waals surface area contributed by atoms with E-state index in [9.17, 15) is 0 Å². The molecule has 0 bridgehead atoms. The SMILES string of the molecule is CCNC(CSc1ccc(Cl)cc1)c1cnccn1. The zero-order valence-corrected chi connectivity index (χ0v) is 12.3. The van der Waals surface area contributed by atoms with Crippen molar-refractivity contribution in [1.29, 1.82) is 0 Å². The Morgan fingerprint density at radius 3 is 2.68 bits per heavy atom. The van der Waals surface area contributed by atoms with Gasteiger partial charge in [-0.2, -0.15) is 0 Å². The van der Waals surface area contributed by atoms with Crippen molar-refractivity contribution in [1.82, 2.24) is 15.3 Å². The van der Waals surface area contributed by atoms with Crippen molar-refractivity contribution >= 4 is 23.4 Å². The summed E-state index contributed by atoms with van der Waals surface area (Å²) in [4.78, 5) is 9.69. The van der Waals surface area contributed by atoms with E-state index < -0.39 is 0 Å². The third-order valence-corrected chi connectivity index (χ3v) is 3.98. The highest BCUT2D eigenvalue weighted by Gasteiger charge is 2.12. The van der Waals surface area contributed by atoms with E-state index in [2.05, 4.69) is 22.2 Å². The van der Waals surface area contributed by atoms with Gasteiger partial charge in [0.05, 0.1) is 11.7 Å². The molecule has 0 fully saturated rings. The fourth-order valence-electron chi connectivity index (χ4n) is 1.70. The molecule has 5 heteroatoms. The van der Waals surface area contributed by atoms with E-state index in [1.807, 2.05) is 30.5 Å². The maximum atomic E-state index is 5.88. The van der Waals surface area contributed by atoms with Gasteiger partial charge in [-0.25, -0.2) is 0 Å². The summed E-state index contributed by atoms with van der Waals surface area (Å²) in [5, 5.41) is 4.20. The molecule has 1 heterocycles. The average Bonchev–Trinajstić information content (AvgIpc) is 2.46. The van der Waals surface area contributed by atoms with Crippen LogP contribution in [0.2, 0.25) is 5.02 Å². The third kappa shape index (κ3) is 4.49. The minimum absolute atomic E-state index is 0.208. The van der Waals surface area contributed by atoms with Gasteiger partial charge in [0.25, 0.3) is 0 Å². The van der Waals surface area contributed by atoms with Crippen molar-refractivity contribution in [3.05, 3.63) is 53.6 Å². The third-order valence-electron chi connectivity index (χ3n) is 2.62. The first-order valence-corrected chi connectivity index (χ1v) is 7.53. The second-order valence-corrected chi connectivity index (χ2v) is 5.54. The fourth-order valence-corrected chi connectivity index (χ4v) is 2.80. The van der Waals surface area contributed by atoms with Gasteiger partial charge in [-0.3, -0.25) is 9.97 Å². The van der Waals surface area contributed by atoms with E-state index in [1.165, 1.54) is 4.90 Å². The predicted molar refractivity (Wildman–Crippen MR) is 80.6 cm³/mol. The Kier molecular flexibility index (Phi) is 5.63. The lowest BCUT2D eigenvalue weighted by Gasteiger charge is -2.16. The Morgan fingerprint density at radius 1 is 1.26 bits per heavy atom. The lowest BCUT2D eigenvalue weighted by Crippen LogP contribution is -2.24. The van der Waals surface area contributed by atoms with Crippen LogP contribution in [0.25, 0.3) is 0 Å². The first-order valence-electron chi connectivity index (χ1n) is 6.17. The number of nitrogens with one attached hydrogen (secondary N) is 1. The van der Waals surface area contributed by atoms with Crippen LogP contribution in [-0.4, -0.2) is 22.3 Å². The van der Waals surface area contributed by atoms with Crippen LogP contribution in [-0.2, 0) is 0 Å². The van der Waals surface area contributed by atoms with Gasteiger partial charge in [-0.1, -0.05) is 18.5 Å². The van der Waals surface area contributed by atoms with Crippen molar-refractivity contribution in [2.45, 2.75) is 17.9 Å². The molecule has 0 aliphatic carbocycles. The lowest BCUT2D eigenvalue weighted by molar-refractivity contribution is 0.588. The van der Waals surface area contributed by atoms with Crippen molar-refractivity contribution in [2.75, 3.05) is 12.3 Å². The summed E-state index contributed by atoms with van der Waals surface area (Å²) in [7, 11) is 0. The van der Waals surface area contributed by atoms with Crippen LogP contribution in [0.15, 0.2) is 47.8 Å². The minimum Gasteiger partial charge on any atom is -0.308 e. The number of rotatable bonds is 6. The number of thioether (sulfide) groups is 1. The summed E-state index contributed by atoms with van der Waals surface area (Å²) in [6.45, 7) is 3.00. The van der Waals surface area contributed by atoms with Crippen LogP contribution in [0, 0.1) is 0 Å². The van der Waals surface area contributed by atoms with Gasteiger partial charge >= 0.3 is 0 Å². The topological polar surface area (TPSA) is 37.8 Å². The second kappa shape index (κ2) is 7.48. The Hall–Kier alpha value is -1.10. The molecule has 1 N–H and O–H groups in total. The van der Waals surface area contributed by atoms with E-state index in [0.717, 1.165) is 23.0 Å². The molecule has 0 saturated heterocycles. The Balaban J connectivity index is 1.99. The van der Waals surface area contributed by atoms with Gasteiger partial charge in [-0.15, -0.1) is 11.8 Å². The van der Waals surface area contributed by atoms with E-state index in [0.29, 0.717) is 0 Å². The Morgan fingerprint density at radius 2 is 2.05 bits per heavy atom. The summed E-state index contributed by atoms with van der Waals surface area (Å²) in [6, 6.07) is 8.10. The molecule has 1 aromatic carbocycles. The Labute approximate surface area is 122 Å². The van der Waals surface area contributed by atoms with E-state index in [1.54, 1.807) is 24.2 Å². The molecule has 1 unspecified atom stereocenters. The van der Waals surface area contributed by atoms with Gasteiger partial charge in [0.15, 0.2) is 0 Å². The molecule has 100 valence electrons. The quantitative estimate of drug-likeness (QED) is 0.826. The first kappa shape index (κ1) is 14.3. The minimum atomic E-state index is 0.208. The Bertz CT molecular complexity index is 490. The molecule has 0 spiro atoms. The number of halogens is 1. The van der Waals surface area contributed by atoms with Gasteiger partial charge in [0, 0.05) is 34.3 Å². The fraction of sp³-hybridized carbons (Fsp3) is 0.286. The molecule has 0 saturated carbocycles. The molecule has 3 nitrogen and oxygen atoms in total. The molecule has 19 heavy (non-hydrogen) atoms. The van der Waals surface area contributed by atoms with E-state index >= 15 is 0 Å². The molecule has 0 radical (unpaired) electrons. The molecular weight excluding hydrogens is 278 g/mol. The largest absolute Gasteiger partial charge is 0.308 e. The molecule has 1 atom stereocenters. The maximum Gasteiger partial charge on any atom is 0.0764 e. The van der Waals surface area contributed by atoms with Crippen molar-refractivity contribution in [3.8, 4) is 0 Å². The number of hydrogen-bond acceptors (Lipinski definition) is 4. The van der Waals surface area contributed by atoms with Crippen LogP contribution in [0.5, 0.6) is 0 Å². The molecule has 0 amide bonds. The highest BCUT2D eigenvalue weighted by atomic mass is 35.5. The van der Waals surface area contributed by atoms with Gasteiger partial charge in [-0.05, 0) is 30.8 Å². The van der Waals surface area contributed by atoms with Gasteiger partial charge < -0.3 is 5.32 Å². The first-order chi connectivity index (χ1) is 9.29. The van der Waals surface area contributed by atoms with E-state index in [4.69, 9.17) is 11.6 Å². The summed E-state index contributed by atoms with van der Waals surface area (Å²) in [5.41, 5.74) is 0.978. The van der Waals surface area contributed by atoms with Crippen LogP contribution in [0.4, 0.5) is 0 Å². The van der Waals surface area contributed by atoms with E-state index in [-0.39, 0.29) is 6.04 Å². The molecule has 2 rings (SSSR count).